The molecule has 0 radical (unpaired) electrons. The van der Waals surface area contributed by atoms with Crippen LogP contribution in [0.15, 0.2) is 0 Å². The fourth-order valence-electron chi connectivity index (χ4n) is 3.27. The van der Waals surface area contributed by atoms with E-state index in [4.69, 9.17) is 0 Å². The molecule has 0 spiro atoms. The van der Waals surface area contributed by atoms with Crippen molar-refractivity contribution in [3.05, 3.63) is 0 Å². The van der Waals surface area contributed by atoms with Gasteiger partial charge in [0, 0.05) is 18.3 Å². The van der Waals surface area contributed by atoms with Gasteiger partial charge in [-0.05, 0) is 25.7 Å². The summed E-state index contributed by atoms with van der Waals surface area (Å²) in [5.74, 6) is 0.707. The van der Waals surface area contributed by atoms with Crippen LogP contribution in [0.4, 0.5) is 0 Å². The fraction of sp³-hybridized carbons (Fsp3) is 0.889. The fourth-order valence-corrected chi connectivity index (χ4v) is 3.27. The normalized spacial score (nSPS) is 21.4. The molecule has 116 valence electrons. The molecule has 2 nitrogen and oxygen atoms in total. The first-order valence-electron chi connectivity index (χ1n) is 8.76. The van der Waals surface area contributed by atoms with Gasteiger partial charge in [0.25, 0.3) is 0 Å². The van der Waals surface area contributed by atoms with Gasteiger partial charge in [0.1, 0.15) is 12.1 Å². The lowest BCUT2D eigenvalue weighted by Gasteiger charge is -2.17. The van der Waals surface area contributed by atoms with E-state index in [0.717, 1.165) is 44.8 Å². The van der Waals surface area contributed by atoms with Crippen LogP contribution in [0.2, 0.25) is 0 Å². The predicted octanol–water partition coefficient (Wildman–Crippen LogP) is 5.09. The molecule has 1 rings (SSSR count). The molecule has 1 aliphatic carbocycles. The summed E-state index contributed by atoms with van der Waals surface area (Å²) in [5, 5.41) is 0. The van der Waals surface area contributed by atoms with Crippen LogP contribution in [0.3, 0.4) is 0 Å². The van der Waals surface area contributed by atoms with Crippen molar-refractivity contribution >= 4 is 12.1 Å². The second-order valence-electron chi connectivity index (χ2n) is 6.45. The summed E-state index contributed by atoms with van der Waals surface area (Å²) >= 11 is 0. The van der Waals surface area contributed by atoms with Gasteiger partial charge >= 0.3 is 0 Å². The van der Waals surface area contributed by atoms with E-state index in [1.807, 2.05) is 0 Å². The van der Waals surface area contributed by atoms with Gasteiger partial charge in [-0.2, -0.15) is 0 Å². The van der Waals surface area contributed by atoms with E-state index in [0.29, 0.717) is 5.78 Å². The first-order valence-corrected chi connectivity index (χ1v) is 8.76. The standard InChI is InChI=1S/C18H32O2/c1-2-3-4-5-6-8-11-16(15-19)14-17-12-9-7-10-13-18(17)20/h15-17H,2-14H2,1H3/t16-,17-/m1/s1. The highest BCUT2D eigenvalue weighted by Gasteiger charge is 2.23. The van der Waals surface area contributed by atoms with Crippen molar-refractivity contribution in [2.24, 2.45) is 11.8 Å². The lowest BCUT2D eigenvalue weighted by molar-refractivity contribution is -0.123. The highest BCUT2D eigenvalue weighted by molar-refractivity contribution is 5.81. The molecule has 0 bridgehead atoms. The Kier molecular flexibility index (Phi) is 9.61. The topological polar surface area (TPSA) is 34.1 Å². The zero-order chi connectivity index (χ0) is 14.6. The molecule has 0 amide bonds. The summed E-state index contributed by atoms with van der Waals surface area (Å²) in [6, 6.07) is 0. The molecular formula is C18H32O2. The number of unbranched alkanes of at least 4 members (excludes halogenated alkanes) is 5. The van der Waals surface area contributed by atoms with Crippen molar-refractivity contribution in [1.82, 2.24) is 0 Å². The maximum atomic E-state index is 12.0. The van der Waals surface area contributed by atoms with Gasteiger partial charge in [-0.25, -0.2) is 0 Å². The number of carbonyl (C=O) groups excluding carboxylic acids is 2. The molecule has 0 unspecified atom stereocenters. The van der Waals surface area contributed by atoms with Gasteiger partial charge in [0.05, 0.1) is 0 Å². The number of carbonyl (C=O) groups is 2. The van der Waals surface area contributed by atoms with Crippen molar-refractivity contribution in [3.63, 3.8) is 0 Å². The number of hydrogen-bond donors (Lipinski definition) is 0. The lowest BCUT2D eigenvalue weighted by Crippen LogP contribution is -2.18. The average Bonchev–Trinajstić information content (AvgIpc) is 2.66. The molecule has 0 N–H and O–H groups in total. The molecule has 1 aliphatic rings. The Morgan fingerprint density at radius 2 is 1.85 bits per heavy atom. The minimum atomic E-state index is 0.119. The summed E-state index contributed by atoms with van der Waals surface area (Å²) in [6.45, 7) is 2.23. The SMILES string of the molecule is CCCCCCCC[C@@H](C=O)C[C@H]1CCCCCC1=O. The molecule has 0 aromatic heterocycles. The monoisotopic (exact) mass is 280 g/mol. The predicted molar refractivity (Wildman–Crippen MR) is 83.7 cm³/mol. The van der Waals surface area contributed by atoms with Crippen molar-refractivity contribution < 1.29 is 9.59 Å². The summed E-state index contributed by atoms with van der Waals surface area (Å²) in [4.78, 5) is 23.2. The van der Waals surface area contributed by atoms with Crippen LogP contribution in [0.1, 0.15) is 90.4 Å². The second kappa shape index (κ2) is 11.0. The highest BCUT2D eigenvalue weighted by Crippen LogP contribution is 2.27. The first-order chi connectivity index (χ1) is 9.77. The van der Waals surface area contributed by atoms with Gasteiger partial charge in [-0.1, -0.05) is 58.3 Å². The zero-order valence-corrected chi connectivity index (χ0v) is 13.2. The Labute approximate surface area is 124 Å². The molecule has 1 saturated carbocycles. The molecule has 0 saturated heterocycles. The molecule has 0 aliphatic heterocycles. The van der Waals surface area contributed by atoms with Crippen LogP contribution >= 0.6 is 0 Å². The number of hydrogen-bond acceptors (Lipinski definition) is 2. The van der Waals surface area contributed by atoms with Gasteiger partial charge in [0.2, 0.25) is 0 Å². The molecule has 0 aromatic rings. The number of rotatable bonds is 10. The Hall–Kier alpha value is -0.660. The summed E-state index contributed by atoms with van der Waals surface area (Å²) in [7, 11) is 0. The number of aldehydes is 1. The molecule has 0 heterocycles. The van der Waals surface area contributed by atoms with E-state index >= 15 is 0 Å². The van der Waals surface area contributed by atoms with E-state index in [2.05, 4.69) is 6.92 Å². The van der Waals surface area contributed by atoms with Crippen LogP contribution in [0.5, 0.6) is 0 Å². The quantitative estimate of drug-likeness (QED) is 0.317. The summed E-state index contributed by atoms with van der Waals surface area (Å²) in [5.41, 5.74) is 0. The van der Waals surface area contributed by atoms with Gasteiger partial charge in [-0.15, -0.1) is 0 Å². The van der Waals surface area contributed by atoms with Gasteiger partial charge in [-0.3, -0.25) is 4.79 Å². The molecular weight excluding hydrogens is 248 g/mol. The van der Waals surface area contributed by atoms with E-state index in [1.54, 1.807) is 0 Å². The first kappa shape index (κ1) is 17.4. The third-order valence-corrected chi connectivity index (χ3v) is 4.64. The van der Waals surface area contributed by atoms with Crippen LogP contribution < -0.4 is 0 Å². The molecule has 20 heavy (non-hydrogen) atoms. The highest BCUT2D eigenvalue weighted by atomic mass is 16.1. The zero-order valence-electron chi connectivity index (χ0n) is 13.2. The molecule has 2 heteroatoms. The Morgan fingerprint density at radius 3 is 2.60 bits per heavy atom. The lowest BCUT2D eigenvalue weighted by atomic mass is 9.86. The van der Waals surface area contributed by atoms with E-state index in [-0.39, 0.29) is 11.8 Å². The average molecular weight is 280 g/mol. The smallest absolute Gasteiger partial charge is 0.135 e. The maximum Gasteiger partial charge on any atom is 0.135 e. The van der Waals surface area contributed by atoms with Crippen LogP contribution in [0.25, 0.3) is 0 Å². The molecule has 2 atom stereocenters. The third-order valence-electron chi connectivity index (χ3n) is 4.64. The van der Waals surface area contributed by atoms with E-state index in [1.165, 1.54) is 44.9 Å². The minimum Gasteiger partial charge on any atom is -0.303 e. The van der Waals surface area contributed by atoms with E-state index in [9.17, 15) is 9.59 Å². The van der Waals surface area contributed by atoms with Gasteiger partial charge < -0.3 is 4.79 Å². The molecule has 0 aromatic carbocycles. The van der Waals surface area contributed by atoms with Crippen LogP contribution in [-0.4, -0.2) is 12.1 Å². The Morgan fingerprint density at radius 1 is 1.10 bits per heavy atom. The maximum absolute atomic E-state index is 12.0. The van der Waals surface area contributed by atoms with Crippen molar-refractivity contribution in [3.8, 4) is 0 Å². The van der Waals surface area contributed by atoms with Crippen LogP contribution in [-0.2, 0) is 9.59 Å². The number of ketones is 1. The Bertz CT molecular complexity index is 273. The van der Waals surface area contributed by atoms with Crippen LogP contribution in [0, 0.1) is 11.8 Å². The Balaban J connectivity index is 2.20. The molecule has 1 fully saturated rings. The van der Waals surface area contributed by atoms with Crippen molar-refractivity contribution in [2.75, 3.05) is 0 Å². The largest absolute Gasteiger partial charge is 0.303 e. The van der Waals surface area contributed by atoms with Gasteiger partial charge in [0.15, 0.2) is 0 Å². The van der Waals surface area contributed by atoms with Crippen molar-refractivity contribution in [1.29, 1.82) is 0 Å². The number of Topliss-reactive ketones (excluding diaryl/α,β-unsaturated/α-hetero) is 1. The second-order valence-corrected chi connectivity index (χ2v) is 6.45. The van der Waals surface area contributed by atoms with Crippen molar-refractivity contribution in [2.45, 2.75) is 90.4 Å². The minimum absolute atomic E-state index is 0.119. The summed E-state index contributed by atoms with van der Waals surface area (Å²) in [6.07, 6.45) is 15.7. The third kappa shape index (κ3) is 7.21. The van der Waals surface area contributed by atoms with E-state index < -0.39 is 0 Å². The summed E-state index contributed by atoms with van der Waals surface area (Å²) < 4.78 is 0.